The first-order chi connectivity index (χ1) is 8.69. The van der Waals surface area contributed by atoms with Crippen molar-refractivity contribution >= 4 is 17.3 Å². The van der Waals surface area contributed by atoms with Crippen molar-refractivity contribution in [3.8, 4) is 0 Å². The number of benzene rings is 1. The first-order valence-electron chi connectivity index (χ1n) is 5.47. The molecule has 1 aromatic carbocycles. The Hall–Kier alpha value is -2.24. The summed E-state index contributed by atoms with van der Waals surface area (Å²) < 4.78 is 25.8. The minimum absolute atomic E-state index is 0.426. The Morgan fingerprint density at radius 3 is 2.56 bits per heavy atom. The summed E-state index contributed by atoms with van der Waals surface area (Å²) in [5.41, 5.74) is 0.426. The van der Waals surface area contributed by atoms with Gasteiger partial charge in [0, 0.05) is 24.4 Å². The fourth-order valence-electron chi connectivity index (χ4n) is 1.43. The predicted octanol–water partition coefficient (Wildman–Crippen LogP) is 2.93. The second-order valence-corrected chi connectivity index (χ2v) is 3.57. The van der Waals surface area contributed by atoms with Crippen LogP contribution in [0.25, 0.3) is 0 Å². The summed E-state index contributed by atoms with van der Waals surface area (Å²) in [7, 11) is 0. The van der Waals surface area contributed by atoms with Gasteiger partial charge in [-0.3, -0.25) is 0 Å². The van der Waals surface area contributed by atoms with Crippen molar-refractivity contribution in [2.24, 2.45) is 0 Å². The van der Waals surface area contributed by atoms with E-state index in [1.54, 1.807) is 6.07 Å². The van der Waals surface area contributed by atoms with Gasteiger partial charge in [-0.15, -0.1) is 0 Å². The smallest absolute Gasteiger partial charge is 0.160 e. The lowest BCUT2D eigenvalue weighted by Crippen LogP contribution is -2.01. The van der Waals surface area contributed by atoms with Gasteiger partial charge in [0.15, 0.2) is 11.6 Å². The van der Waals surface area contributed by atoms with Crippen molar-refractivity contribution in [3.05, 3.63) is 42.2 Å². The van der Waals surface area contributed by atoms with Gasteiger partial charge in [0.05, 0.1) is 0 Å². The molecule has 0 aliphatic heterocycles. The predicted molar refractivity (Wildman–Crippen MR) is 65.8 cm³/mol. The van der Waals surface area contributed by atoms with Gasteiger partial charge in [-0.1, -0.05) is 0 Å². The van der Waals surface area contributed by atoms with Crippen LogP contribution in [0.1, 0.15) is 6.92 Å². The summed E-state index contributed by atoms with van der Waals surface area (Å²) in [5, 5.41) is 5.90. The van der Waals surface area contributed by atoms with Crippen LogP contribution in [0.15, 0.2) is 30.6 Å². The van der Waals surface area contributed by atoms with Crippen LogP contribution in [0.4, 0.5) is 26.1 Å². The molecule has 4 nitrogen and oxygen atoms in total. The molecule has 0 bridgehead atoms. The van der Waals surface area contributed by atoms with Crippen LogP contribution in [0.5, 0.6) is 0 Å². The topological polar surface area (TPSA) is 49.8 Å². The third-order valence-electron chi connectivity index (χ3n) is 2.22. The van der Waals surface area contributed by atoms with Crippen LogP contribution in [-0.4, -0.2) is 16.5 Å². The highest BCUT2D eigenvalue weighted by molar-refractivity contribution is 5.58. The van der Waals surface area contributed by atoms with E-state index >= 15 is 0 Å². The first-order valence-corrected chi connectivity index (χ1v) is 5.47. The second-order valence-electron chi connectivity index (χ2n) is 3.57. The Bertz CT molecular complexity index is 545. The van der Waals surface area contributed by atoms with E-state index in [0.717, 1.165) is 18.7 Å². The van der Waals surface area contributed by atoms with E-state index in [2.05, 4.69) is 20.6 Å². The van der Waals surface area contributed by atoms with Gasteiger partial charge in [-0.05, 0) is 19.1 Å². The maximum Gasteiger partial charge on any atom is 0.160 e. The zero-order chi connectivity index (χ0) is 13.0. The van der Waals surface area contributed by atoms with E-state index in [0.29, 0.717) is 17.3 Å². The van der Waals surface area contributed by atoms with Crippen LogP contribution in [-0.2, 0) is 0 Å². The largest absolute Gasteiger partial charge is 0.370 e. The molecule has 2 N–H and O–H groups in total. The number of anilines is 3. The fraction of sp³-hybridized carbons (Fsp3) is 0.167. The van der Waals surface area contributed by atoms with Gasteiger partial charge in [-0.2, -0.15) is 0 Å². The van der Waals surface area contributed by atoms with E-state index in [1.165, 1.54) is 12.4 Å². The van der Waals surface area contributed by atoms with Crippen LogP contribution in [0, 0.1) is 11.6 Å². The van der Waals surface area contributed by atoms with Crippen molar-refractivity contribution in [2.45, 2.75) is 6.92 Å². The summed E-state index contributed by atoms with van der Waals surface area (Å²) in [4.78, 5) is 8.00. The van der Waals surface area contributed by atoms with Crippen LogP contribution in [0.2, 0.25) is 0 Å². The van der Waals surface area contributed by atoms with E-state index < -0.39 is 11.6 Å². The van der Waals surface area contributed by atoms with Gasteiger partial charge >= 0.3 is 0 Å². The summed E-state index contributed by atoms with van der Waals surface area (Å²) in [6.07, 6.45) is 1.39. The average molecular weight is 250 g/mol. The number of nitrogens with one attached hydrogen (secondary N) is 2. The number of hydrogen-bond acceptors (Lipinski definition) is 4. The molecule has 6 heteroatoms. The standard InChI is InChI=1S/C12H12F2N4/c1-2-15-11-6-12(17-7-16-11)18-8-3-4-9(13)10(14)5-8/h3-7H,2H2,1H3,(H2,15,16,17,18). The molecular formula is C12H12F2N4. The zero-order valence-corrected chi connectivity index (χ0v) is 9.74. The molecule has 94 valence electrons. The maximum absolute atomic E-state index is 13.0. The monoisotopic (exact) mass is 250 g/mol. The Kier molecular flexibility index (Phi) is 3.66. The minimum Gasteiger partial charge on any atom is -0.370 e. The van der Waals surface area contributed by atoms with Crippen LogP contribution in [0.3, 0.4) is 0 Å². The number of aromatic nitrogens is 2. The third-order valence-corrected chi connectivity index (χ3v) is 2.22. The highest BCUT2D eigenvalue weighted by Gasteiger charge is 2.03. The highest BCUT2D eigenvalue weighted by Crippen LogP contribution is 2.18. The molecule has 0 amide bonds. The average Bonchev–Trinajstić information content (AvgIpc) is 2.35. The molecule has 1 heterocycles. The van der Waals surface area contributed by atoms with Crippen LogP contribution < -0.4 is 10.6 Å². The summed E-state index contributed by atoms with van der Waals surface area (Å²) >= 11 is 0. The zero-order valence-electron chi connectivity index (χ0n) is 9.74. The van der Waals surface area contributed by atoms with Gasteiger partial charge in [0.25, 0.3) is 0 Å². The Morgan fingerprint density at radius 2 is 1.83 bits per heavy atom. The summed E-state index contributed by atoms with van der Waals surface area (Å²) in [5.74, 6) is -0.609. The highest BCUT2D eigenvalue weighted by atomic mass is 19.2. The Morgan fingerprint density at radius 1 is 1.06 bits per heavy atom. The molecule has 0 saturated heterocycles. The van der Waals surface area contributed by atoms with E-state index in [9.17, 15) is 8.78 Å². The quantitative estimate of drug-likeness (QED) is 0.876. The van der Waals surface area contributed by atoms with Gasteiger partial charge in [0.1, 0.15) is 18.0 Å². The molecular weight excluding hydrogens is 238 g/mol. The van der Waals surface area contributed by atoms with E-state index in [-0.39, 0.29) is 0 Å². The van der Waals surface area contributed by atoms with Gasteiger partial charge in [-0.25, -0.2) is 18.7 Å². The fourth-order valence-corrected chi connectivity index (χ4v) is 1.43. The number of rotatable bonds is 4. The lowest BCUT2D eigenvalue weighted by atomic mass is 10.3. The lowest BCUT2D eigenvalue weighted by Gasteiger charge is -2.07. The molecule has 0 fully saturated rings. The van der Waals surface area contributed by atoms with E-state index in [1.807, 2.05) is 6.92 Å². The molecule has 0 aliphatic rings. The van der Waals surface area contributed by atoms with E-state index in [4.69, 9.17) is 0 Å². The summed E-state index contributed by atoms with van der Waals surface area (Å²) in [6, 6.07) is 5.26. The maximum atomic E-state index is 13.0. The van der Waals surface area contributed by atoms with Crippen molar-refractivity contribution < 1.29 is 8.78 Å². The Balaban J connectivity index is 2.17. The molecule has 0 spiro atoms. The van der Waals surface area contributed by atoms with Crippen molar-refractivity contribution in [3.63, 3.8) is 0 Å². The van der Waals surface area contributed by atoms with Crippen molar-refractivity contribution in [2.75, 3.05) is 17.2 Å². The minimum atomic E-state index is -0.902. The van der Waals surface area contributed by atoms with Crippen LogP contribution >= 0.6 is 0 Å². The molecule has 0 atom stereocenters. The number of hydrogen-bond donors (Lipinski definition) is 2. The van der Waals surface area contributed by atoms with Gasteiger partial charge < -0.3 is 10.6 Å². The number of nitrogens with zero attached hydrogens (tertiary/aromatic N) is 2. The molecule has 0 saturated carbocycles. The molecule has 1 aromatic heterocycles. The Labute approximate surface area is 103 Å². The normalized spacial score (nSPS) is 10.2. The molecule has 0 aliphatic carbocycles. The lowest BCUT2D eigenvalue weighted by molar-refractivity contribution is 0.509. The molecule has 18 heavy (non-hydrogen) atoms. The molecule has 0 unspecified atom stereocenters. The molecule has 2 aromatic rings. The van der Waals surface area contributed by atoms with Crippen molar-refractivity contribution in [1.29, 1.82) is 0 Å². The summed E-state index contributed by atoms with van der Waals surface area (Å²) in [6.45, 7) is 2.69. The van der Waals surface area contributed by atoms with Crippen molar-refractivity contribution in [1.82, 2.24) is 9.97 Å². The molecule has 2 rings (SSSR count). The van der Waals surface area contributed by atoms with Gasteiger partial charge in [0.2, 0.25) is 0 Å². The first kappa shape index (κ1) is 12.2. The third kappa shape index (κ3) is 2.91. The second kappa shape index (κ2) is 5.39. The molecule has 0 radical (unpaired) electrons. The SMILES string of the molecule is CCNc1cc(Nc2ccc(F)c(F)c2)ncn1. The number of halogens is 2.